The van der Waals surface area contributed by atoms with E-state index in [0.717, 1.165) is 0 Å². The molecule has 1 rings (SSSR count). The van der Waals surface area contributed by atoms with Gasteiger partial charge in [-0.05, 0) is 6.92 Å². The van der Waals surface area contributed by atoms with Crippen LogP contribution in [-0.2, 0) is 0 Å². The first kappa shape index (κ1) is 7.87. The number of aliphatic hydroxyl groups is 1. The third-order valence-electron chi connectivity index (χ3n) is 1.12. The molecule has 5 nitrogen and oxygen atoms in total. The second kappa shape index (κ2) is 3.25. The Kier molecular flexibility index (Phi) is 2.32. The van der Waals surface area contributed by atoms with Crippen molar-refractivity contribution in [2.75, 3.05) is 7.11 Å². The Hall–Kier alpha value is -1.23. The Morgan fingerprint density at radius 2 is 2.27 bits per heavy atom. The minimum Gasteiger partial charge on any atom is -0.467 e. The largest absolute Gasteiger partial charge is 0.467 e. The van der Waals surface area contributed by atoms with E-state index in [1.54, 1.807) is 6.92 Å². The van der Waals surface area contributed by atoms with Gasteiger partial charge >= 0.3 is 6.01 Å². The second-order valence-electron chi connectivity index (χ2n) is 2.01. The van der Waals surface area contributed by atoms with Crippen molar-refractivity contribution in [3.05, 3.63) is 12.2 Å². The van der Waals surface area contributed by atoms with E-state index in [2.05, 4.69) is 15.0 Å². The highest BCUT2D eigenvalue weighted by Crippen LogP contribution is 2.06. The summed E-state index contributed by atoms with van der Waals surface area (Å²) < 4.78 is 4.73. The molecule has 0 radical (unpaired) electrons. The Balaban J connectivity index is 2.91. The highest BCUT2D eigenvalue weighted by Gasteiger charge is 2.05. The van der Waals surface area contributed by atoms with Gasteiger partial charge in [-0.1, -0.05) is 0 Å². The molecule has 0 aromatic carbocycles. The smallest absolute Gasteiger partial charge is 0.319 e. The van der Waals surface area contributed by atoms with E-state index in [0.29, 0.717) is 5.82 Å². The molecular weight excluding hydrogens is 146 g/mol. The lowest BCUT2D eigenvalue weighted by atomic mass is 10.4. The van der Waals surface area contributed by atoms with Gasteiger partial charge in [0.05, 0.1) is 7.11 Å². The molecule has 1 heterocycles. The third-order valence-corrected chi connectivity index (χ3v) is 1.12. The first-order valence-corrected chi connectivity index (χ1v) is 3.15. The van der Waals surface area contributed by atoms with Crippen LogP contribution in [0, 0.1) is 0 Å². The van der Waals surface area contributed by atoms with Crippen LogP contribution in [-0.4, -0.2) is 27.2 Å². The maximum Gasteiger partial charge on any atom is 0.319 e. The highest BCUT2D eigenvalue weighted by atomic mass is 16.5. The summed E-state index contributed by atoms with van der Waals surface area (Å²) >= 11 is 0. The molecule has 0 aliphatic rings. The maximum atomic E-state index is 9.04. The van der Waals surface area contributed by atoms with Crippen LogP contribution in [0.4, 0.5) is 0 Å². The number of methoxy groups -OCH3 is 1. The predicted octanol–water partition coefficient (Wildman–Crippen LogP) is -0.0665. The number of hydrogen-bond acceptors (Lipinski definition) is 5. The van der Waals surface area contributed by atoms with E-state index >= 15 is 0 Å². The number of rotatable bonds is 2. The first-order chi connectivity index (χ1) is 5.24. The van der Waals surface area contributed by atoms with Crippen molar-refractivity contribution in [3.63, 3.8) is 0 Å². The highest BCUT2D eigenvalue weighted by molar-refractivity contribution is 4.96. The van der Waals surface area contributed by atoms with Crippen LogP contribution in [0.25, 0.3) is 0 Å². The average Bonchev–Trinajstić information content (AvgIpc) is 2.05. The zero-order valence-corrected chi connectivity index (χ0v) is 6.35. The van der Waals surface area contributed by atoms with Gasteiger partial charge in [0.15, 0.2) is 5.82 Å². The van der Waals surface area contributed by atoms with Gasteiger partial charge in [-0.2, -0.15) is 9.97 Å². The molecule has 0 saturated heterocycles. The van der Waals surface area contributed by atoms with Gasteiger partial charge in [-0.25, -0.2) is 4.98 Å². The van der Waals surface area contributed by atoms with Gasteiger partial charge in [0, 0.05) is 0 Å². The topological polar surface area (TPSA) is 68.1 Å². The van der Waals surface area contributed by atoms with Crippen LogP contribution < -0.4 is 4.74 Å². The fraction of sp³-hybridized carbons (Fsp3) is 0.500. The second-order valence-corrected chi connectivity index (χ2v) is 2.01. The number of aliphatic hydroxyl groups excluding tert-OH is 1. The zero-order chi connectivity index (χ0) is 8.27. The van der Waals surface area contributed by atoms with Crippen LogP contribution in [0.5, 0.6) is 6.01 Å². The molecule has 1 unspecified atom stereocenters. The summed E-state index contributed by atoms with van der Waals surface area (Å²) in [5.74, 6) is 0.317. The Morgan fingerprint density at radius 1 is 1.55 bits per heavy atom. The SMILES string of the molecule is COc1ncnc(C(C)O)n1. The molecule has 0 bridgehead atoms. The van der Waals surface area contributed by atoms with Crippen molar-refractivity contribution < 1.29 is 9.84 Å². The van der Waals surface area contributed by atoms with Gasteiger partial charge in [-0.15, -0.1) is 0 Å². The molecule has 0 aliphatic carbocycles. The van der Waals surface area contributed by atoms with Crippen molar-refractivity contribution in [1.82, 2.24) is 15.0 Å². The van der Waals surface area contributed by atoms with Crippen molar-refractivity contribution in [3.8, 4) is 6.01 Å². The minimum absolute atomic E-state index is 0.218. The molecule has 1 aromatic heterocycles. The molecule has 11 heavy (non-hydrogen) atoms. The predicted molar refractivity (Wildman–Crippen MR) is 37.0 cm³/mol. The van der Waals surface area contributed by atoms with E-state index in [-0.39, 0.29) is 6.01 Å². The molecule has 1 N–H and O–H groups in total. The molecule has 0 amide bonds. The van der Waals surface area contributed by atoms with Gasteiger partial charge in [0.2, 0.25) is 0 Å². The van der Waals surface area contributed by atoms with Crippen molar-refractivity contribution in [2.24, 2.45) is 0 Å². The third kappa shape index (κ3) is 1.84. The molecule has 5 heteroatoms. The Bertz CT molecular complexity index is 239. The normalized spacial score (nSPS) is 12.6. The van der Waals surface area contributed by atoms with Crippen LogP contribution in [0.2, 0.25) is 0 Å². The van der Waals surface area contributed by atoms with E-state index < -0.39 is 6.10 Å². The van der Waals surface area contributed by atoms with Crippen LogP contribution >= 0.6 is 0 Å². The zero-order valence-electron chi connectivity index (χ0n) is 6.35. The van der Waals surface area contributed by atoms with Gasteiger partial charge in [0.25, 0.3) is 0 Å². The molecule has 0 spiro atoms. The van der Waals surface area contributed by atoms with E-state index in [4.69, 9.17) is 9.84 Å². The Morgan fingerprint density at radius 3 is 2.82 bits per heavy atom. The van der Waals surface area contributed by atoms with Crippen LogP contribution in [0.15, 0.2) is 6.33 Å². The number of hydrogen-bond donors (Lipinski definition) is 1. The van der Waals surface area contributed by atoms with E-state index in [9.17, 15) is 0 Å². The summed E-state index contributed by atoms with van der Waals surface area (Å²) in [7, 11) is 1.46. The summed E-state index contributed by atoms with van der Waals surface area (Å²) in [5.41, 5.74) is 0. The number of aromatic nitrogens is 3. The number of ether oxygens (including phenoxy) is 1. The summed E-state index contributed by atoms with van der Waals surface area (Å²) in [4.78, 5) is 11.2. The van der Waals surface area contributed by atoms with E-state index in [1.165, 1.54) is 13.4 Å². The fourth-order valence-corrected chi connectivity index (χ4v) is 0.593. The van der Waals surface area contributed by atoms with Crippen molar-refractivity contribution in [2.45, 2.75) is 13.0 Å². The summed E-state index contributed by atoms with van der Waals surface area (Å²) in [5, 5.41) is 9.04. The average molecular weight is 155 g/mol. The Labute approximate surface area is 64.1 Å². The monoisotopic (exact) mass is 155 g/mol. The van der Waals surface area contributed by atoms with Gasteiger partial charge in [-0.3, -0.25) is 0 Å². The molecule has 0 aliphatic heterocycles. The lowest BCUT2D eigenvalue weighted by Crippen LogP contribution is -2.02. The summed E-state index contributed by atoms with van der Waals surface area (Å²) in [6.45, 7) is 1.58. The molecule has 60 valence electrons. The molecule has 0 fully saturated rings. The summed E-state index contributed by atoms with van der Waals surface area (Å²) in [6, 6.07) is 0.218. The van der Waals surface area contributed by atoms with Crippen LogP contribution in [0.1, 0.15) is 18.9 Å². The maximum absolute atomic E-state index is 9.04. The van der Waals surface area contributed by atoms with Gasteiger partial charge in [0.1, 0.15) is 12.4 Å². The summed E-state index contributed by atoms with van der Waals surface area (Å²) in [6.07, 6.45) is 0.611. The minimum atomic E-state index is -0.688. The van der Waals surface area contributed by atoms with E-state index in [1.807, 2.05) is 0 Å². The lowest BCUT2D eigenvalue weighted by Gasteiger charge is -2.02. The quantitative estimate of drug-likeness (QED) is 0.647. The van der Waals surface area contributed by atoms with Crippen molar-refractivity contribution in [1.29, 1.82) is 0 Å². The molecule has 1 atom stereocenters. The van der Waals surface area contributed by atoms with Gasteiger partial charge < -0.3 is 9.84 Å². The molecule has 1 aromatic rings. The standard InChI is InChI=1S/C6H9N3O2/c1-4(10)5-7-3-8-6(9-5)11-2/h3-4,10H,1-2H3. The molecule has 0 saturated carbocycles. The van der Waals surface area contributed by atoms with Crippen molar-refractivity contribution >= 4 is 0 Å². The number of nitrogens with zero attached hydrogens (tertiary/aromatic N) is 3. The first-order valence-electron chi connectivity index (χ1n) is 3.15. The van der Waals surface area contributed by atoms with Crippen LogP contribution in [0.3, 0.4) is 0 Å². The lowest BCUT2D eigenvalue weighted by molar-refractivity contribution is 0.186. The molecular formula is C6H9N3O2. The fourth-order valence-electron chi connectivity index (χ4n) is 0.593.